The predicted molar refractivity (Wildman–Crippen MR) is 92.6 cm³/mol. The van der Waals surface area contributed by atoms with Crippen LogP contribution >= 0.6 is 0 Å². The smallest absolute Gasteiger partial charge is 0.427 e. The summed E-state index contributed by atoms with van der Waals surface area (Å²) < 4.78 is 45.0. The van der Waals surface area contributed by atoms with Gasteiger partial charge in [0.05, 0.1) is 0 Å². The van der Waals surface area contributed by atoms with Gasteiger partial charge in [-0.25, -0.2) is 4.89 Å². The van der Waals surface area contributed by atoms with E-state index in [9.17, 15) is 23.2 Å². The second-order valence-corrected chi connectivity index (χ2v) is 9.87. The highest BCUT2D eigenvalue weighted by Crippen LogP contribution is 2.69. The molecule has 1 heterocycles. The summed E-state index contributed by atoms with van der Waals surface area (Å²) >= 11 is 0. The van der Waals surface area contributed by atoms with E-state index in [0.29, 0.717) is 37.5 Å². The van der Waals surface area contributed by atoms with Gasteiger partial charge in [0.2, 0.25) is 5.79 Å². The molecule has 0 radical (unpaired) electrons. The first kappa shape index (κ1) is 19.6. The summed E-state index contributed by atoms with van der Waals surface area (Å²) in [5.74, 6) is -0.550. The van der Waals surface area contributed by atoms with E-state index in [4.69, 9.17) is 14.5 Å². The maximum atomic E-state index is 13.1. The van der Waals surface area contributed by atoms with E-state index in [2.05, 4.69) is 0 Å². The Kier molecular flexibility index (Phi) is 4.60. The molecule has 5 aliphatic carbocycles. The Bertz CT molecular complexity index is 587. The molecule has 1 saturated heterocycles. The number of ether oxygens (including phenoxy) is 1. The summed E-state index contributed by atoms with van der Waals surface area (Å²) in [6.45, 7) is -1.37. The zero-order valence-corrected chi connectivity index (χ0v) is 15.9. The fraction of sp³-hybridized carbons (Fsp3) is 1.00. The minimum atomic E-state index is -4.45. The largest absolute Gasteiger partial charge is 0.454 e. The molecule has 158 valence electrons. The van der Waals surface area contributed by atoms with Crippen LogP contribution in [0, 0.1) is 29.6 Å². The second kappa shape index (κ2) is 6.58. The molecule has 0 aromatic carbocycles. The van der Waals surface area contributed by atoms with Crippen LogP contribution < -0.4 is 0 Å². The third-order valence-electron chi connectivity index (χ3n) is 8.32. The Morgan fingerprint density at radius 3 is 2.04 bits per heavy atom. The molecule has 5 saturated carbocycles. The monoisotopic (exact) mass is 404 g/mol. The highest BCUT2D eigenvalue weighted by Gasteiger charge is 2.78. The van der Waals surface area contributed by atoms with Gasteiger partial charge in [0.15, 0.2) is 5.60 Å². The fourth-order valence-corrected chi connectivity index (χ4v) is 7.48. The lowest BCUT2D eigenvalue weighted by molar-refractivity contribution is -0.651. The molecule has 6 aliphatic rings. The highest BCUT2D eigenvalue weighted by atomic mass is 19.4. The molecule has 28 heavy (non-hydrogen) atoms. The summed E-state index contributed by atoms with van der Waals surface area (Å²) in [5, 5.41) is 19.4. The van der Waals surface area contributed by atoms with Crippen LogP contribution in [0.4, 0.5) is 13.2 Å². The topological polar surface area (TPSA) is 68.2 Å². The van der Waals surface area contributed by atoms with Crippen molar-refractivity contribution in [1.29, 1.82) is 0 Å². The SMILES string of the molecule is OB(O)C1CCCC(C2(OCC(F)(F)F)OOC23C2CC4CC(C2)CC3C4)C1. The molecule has 9 heteroatoms. The van der Waals surface area contributed by atoms with Crippen molar-refractivity contribution < 1.29 is 37.7 Å². The molecular formula is C19H28BF3O5. The van der Waals surface area contributed by atoms with E-state index in [0.717, 1.165) is 25.7 Å². The van der Waals surface area contributed by atoms with Gasteiger partial charge in [-0.05, 0) is 74.4 Å². The second-order valence-electron chi connectivity index (χ2n) is 9.87. The summed E-state index contributed by atoms with van der Waals surface area (Å²) in [7, 11) is -1.47. The van der Waals surface area contributed by atoms with Gasteiger partial charge in [-0.3, -0.25) is 0 Å². The third kappa shape index (κ3) is 2.80. The van der Waals surface area contributed by atoms with Crippen LogP contribution in [0.15, 0.2) is 0 Å². The van der Waals surface area contributed by atoms with Gasteiger partial charge in [0.25, 0.3) is 0 Å². The van der Waals surface area contributed by atoms with E-state index in [1.54, 1.807) is 0 Å². The number of rotatable bonds is 4. The van der Waals surface area contributed by atoms with Gasteiger partial charge in [-0.2, -0.15) is 18.1 Å². The molecule has 6 rings (SSSR count). The van der Waals surface area contributed by atoms with Gasteiger partial charge < -0.3 is 14.8 Å². The van der Waals surface area contributed by atoms with Crippen molar-refractivity contribution in [2.24, 2.45) is 29.6 Å². The molecule has 1 spiro atoms. The minimum Gasteiger partial charge on any atom is -0.427 e. The van der Waals surface area contributed by atoms with Crippen molar-refractivity contribution in [3.05, 3.63) is 0 Å². The molecule has 5 nitrogen and oxygen atoms in total. The lowest BCUT2D eigenvalue weighted by Crippen LogP contribution is -2.81. The lowest BCUT2D eigenvalue weighted by atomic mass is 9.45. The summed E-state index contributed by atoms with van der Waals surface area (Å²) in [6, 6.07) is 0. The van der Waals surface area contributed by atoms with Crippen LogP contribution in [0.3, 0.4) is 0 Å². The average Bonchev–Trinajstić information content (AvgIpc) is 2.60. The van der Waals surface area contributed by atoms with Gasteiger partial charge >= 0.3 is 13.3 Å². The van der Waals surface area contributed by atoms with Crippen molar-refractivity contribution in [1.82, 2.24) is 0 Å². The summed E-state index contributed by atoms with van der Waals surface area (Å²) in [6.07, 6.45) is 3.02. The molecule has 1 aliphatic heterocycles. The standard InChI is InChI=1S/C19H28BF3O5/c21-17(22,23)10-26-19(13-2-1-3-16(9-13)20(24)25)18(27-28-19)14-5-11-4-12(7-14)8-15(18)6-11/h11-16,24-25H,1-10H2. The van der Waals surface area contributed by atoms with E-state index in [1.807, 2.05) is 0 Å². The molecule has 0 aromatic heterocycles. The number of alkyl halides is 3. The zero-order chi connectivity index (χ0) is 19.7. The van der Waals surface area contributed by atoms with Gasteiger partial charge in [0.1, 0.15) is 6.61 Å². The molecule has 0 aromatic rings. The number of halogens is 3. The van der Waals surface area contributed by atoms with Crippen molar-refractivity contribution >= 4 is 7.12 Å². The molecule has 0 amide bonds. The predicted octanol–water partition coefficient (Wildman–Crippen LogP) is 3.45. The first-order chi connectivity index (χ1) is 13.2. The number of hydrogen-bond acceptors (Lipinski definition) is 5. The fourth-order valence-electron chi connectivity index (χ4n) is 7.48. The normalized spacial score (nSPS) is 50.0. The van der Waals surface area contributed by atoms with Crippen LogP contribution in [-0.4, -0.2) is 41.3 Å². The minimum absolute atomic E-state index is 0.158. The quantitative estimate of drug-likeness (QED) is 0.555. The van der Waals surface area contributed by atoms with Crippen LogP contribution in [0.2, 0.25) is 5.82 Å². The van der Waals surface area contributed by atoms with E-state index < -0.39 is 31.3 Å². The lowest BCUT2D eigenvalue weighted by Gasteiger charge is -2.70. The molecule has 2 N–H and O–H groups in total. The van der Waals surface area contributed by atoms with Crippen molar-refractivity contribution in [3.63, 3.8) is 0 Å². The van der Waals surface area contributed by atoms with Crippen molar-refractivity contribution in [2.45, 2.75) is 81.2 Å². The van der Waals surface area contributed by atoms with Gasteiger partial charge in [-0.15, -0.1) is 0 Å². The third-order valence-corrected chi connectivity index (χ3v) is 8.32. The van der Waals surface area contributed by atoms with E-state index in [-0.39, 0.29) is 23.6 Å². The summed E-state index contributed by atoms with van der Waals surface area (Å²) in [5.41, 5.74) is -0.821. The summed E-state index contributed by atoms with van der Waals surface area (Å²) in [4.78, 5) is 11.4. The van der Waals surface area contributed by atoms with Crippen molar-refractivity contribution in [3.8, 4) is 0 Å². The molecule has 4 bridgehead atoms. The first-order valence-electron chi connectivity index (χ1n) is 10.7. The maximum Gasteiger partial charge on any atom is 0.454 e. The molecule has 3 unspecified atom stereocenters. The van der Waals surface area contributed by atoms with Crippen molar-refractivity contribution in [2.75, 3.05) is 6.61 Å². The van der Waals surface area contributed by atoms with Crippen LogP contribution in [0.25, 0.3) is 0 Å². The zero-order valence-electron chi connectivity index (χ0n) is 15.9. The highest BCUT2D eigenvalue weighted by molar-refractivity contribution is 6.43. The van der Waals surface area contributed by atoms with Gasteiger partial charge in [-0.1, -0.05) is 12.8 Å². The van der Waals surface area contributed by atoms with E-state index in [1.165, 1.54) is 6.42 Å². The molecule has 3 atom stereocenters. The Labute approximate surface area is 163 Å². The maximum absolute atomic E-state index is 13.1. The first-order valence-corrected chi connectivity index (χ1v) is 10.7. The average molecular weight is 404 g/mol. The van der Waals surface area contributed by atoms with Crippen LogP contribution in [0.1, 0.15) is 57.8 Å². The Morgan fingerprint density at radius 2 is 1.54 bits per heavy atom. The van der Waals surface area contributed by atoms with Crippen LogP contribution in [0.5, 0.6) is 0 Å². The molecule has 6 fully saturated rings. The molecular weight excluding hydrogens is 376 g/mol. The Morgan fingerprint density at radius 1 is 0.893 bits per heavy atom. The Hall–Kier alpha value is -0.345. The number of hydrogen-bond donors (Lipinski definition) is 2. The van der Waals surface area contributed by atoms with E-state index >= 15 is 0 Å². The van der Waals surface area contributed by atoms with Gasteiger partial charge in [0, 0.05) is 5.92 Å². The van der Waals surface area contributed by atoms with Crippen LogP contribution in [-0.2, 0) is 14.5 Å². The Balaban J connectivity index is 1.48.